The van der Waals surface area contributed by atoms with E-state index in [-0.39, 0.29) is 12.4 Å². The normalized spacial score (nSPS) is 10.7. The van der Waals surface area contributed by atoms with Crippen LogP contribution in [0.3, 0.4) is 0 Å². The van der Waals surface area contributed by atoms with Crippen LogP contribution in [0.5, 0.6) is 5.75 Å². The summed E-state index contributed by atoms with van der Waals surface area (Å²) in [5.41, 5.74) is 1.11. The van der Waals surface area contributed by atoms with Gasteiger partial charge in [-0.05, 0) is 29.7 Å². The molecule has 19 heavy (non-hydrogen) atoms. The van der Waals surface area contributed by atoms with E-state index >= 15 is 0 Å². The second-order valence-corrected chi connectivity index (χ2v) is 6.22. The van der Waals surface area contributed by atoms with E-state index in [1.165, 1.54) is 11.3 Å². The number of halogens is 1. The first-order valence-electron chi connectivity index (χ1n) is 6.08. The Hall–Kier alpha value is -1.32. The molecule has 1 aromatic heterocycles. The number of hydrogen-bond donors (Lipinski definition) is 0. The molecule has 2 rings (SSSR count). The van der Waals surface area contributed by atoms with Gasteiger partial charge in [0, 0.05) is 0 Å². The van der Waals surface area contributed by atoms with Gasteiger partial charge in [0.05, 0.1) is 9.21 Å². The first-order valence-corrected chi connectivity index (χ1v) is 7.27. The van der Waals surface area contributed by atoms with Gasteiger partial charge in [-0.25, -0.2) is 0 Å². The van der Waals surface area contributed by atoms with Crippen molar-refractivity contribution in [3.05, 3.63) is 51.2 Å². The highest BCUT2D eigenvalue weighted by Crippen LogP contribution is 2.26. The first-order chi connectivity index (χ1) is 9.08. The van der Waals surface area contributed by atoms with E-state index in [0.29, 0.717) is 15.1 Å². The Morgan fingerprint density at radius 3 is 2.63 bits per heavy atom. The fourth-order valence-electron chi connectivity index (χ4n) is 1.77. The molecule has 1 aromatic carbocycles. The smallest absolute Gasteiger partial charge is 0.210 e. The van der Waals surface area contributed by atoms with Gasteiger partial charge in [-0.2, -0.15) is 0 Å². The summed E-state index contributed by atoms with van der Waals surface area (Å²) in [5, 5.41) is 0. The molecule has 0 aliphatic rings. The van der Waals surface area contributed by atoms with Gasteiger partial charge in [0.1, 0.15) is 5.75 Å². The van der Waals surface area contributed by atoms with Crippen molar-refractivity contribution >= 4 is 28.7 Å². The molecule has 0 saturated carbocycles. The molecule has 4 heteroatoms. The van der Waals surface area contributed by atoms with Crippen LogP contribution in [0.1, 0.15) is 35.0 Å². The molecular weight excluding hydrogens is 280 g/mol. The molecule has 1 heterocycles. The predicted octanol–water partition coefficient (Wildman–Crippen LogP) is 4.79. The average molecular weight is 295 g/mol. The summed E-state index contributed by atoms with van der Waals surface area (Å²) in [5.74, 6) is 1.09. The van der Waals surface area contributed by atoms with E-state index in [9.17, 15) is 4.79 Å². The molecule has 0 spiro atoms. The summed E-state index contributed by atoms with van der Waals surface area (Å²) >= 11 is 7.09. The van der Waals surface area contributed by atoms with Crippen LogP contribution in [0, 0.1) is 0 Å². The average Bonchev–Trinajstić information content (AvgIpc) is 2.83. The van der Waals surface area contributed by atoms with Crippen LogP contribution in [0.2, 0.25) is 4.34 Å². The molecule has 0 atom stereocenters. The lowest BCUT2D eigenvalue weighted by Crippen LogP contribution is -2.11. The fourth-order valence-corrected chi connectivity index (χ4v) is 2.73. The molecule has 0 aliphatic carbocycles. The molecule has 0 unspecified atom stereocenters. The minimum absolute atomic E-state index is 0.0422. The summed E-state index contributed by atoms with van der Waals surface area (Å²) in [4.78, 5) is 12.6. The molecule has 0 bridgehead atoms. The molecule has 100 valence electrons. The third-order valence-corrected chi connectivity index (χ3v) is 4.02. The summed E-state index contributed by atoms with van der Waals surface area (Å²) in [6.45, 7) is 4.24. The number of rotatable bonds is 5. The number of benzene rings is 1. The van der Waals surface area contributed by atoms with Gasteiger partial charge in [-0.1, -0.05) is 43.6 Å². The van der Waals surface area contributed by atoms with Gasteiger partial charge in [-0.3, -0.25) is 4.79 Å². The monoisotopic (exact) mass is 294 g/mol. The molecule has 0 fully saturated rings. The van der Waals surface area contributed by atoms with Crippen molar-refractivity contribution in [2.45, 2.75) is 19.8 Å². The predicted molar refractivity (Wildman–Crippen MR) is 79.7 cm³/mol. The quantitative estimate of drug-likeness (QED) is 0.741. The van der Waals surface area contributed by atoms with Crippen molar-refractivity contribution in [1.82, 2.24) is 0 Å². The summed E-state index contributed by atoms with van der Waals surface area (Å²) < 4.78 is 6.25. The van der Waals surface area contributed by atoms with Gasteiger partial charge in [0.25, 0.3) is 0 Å². The zero-order valence-corrected chi connectivity index (χ0v) is 12.4. The van der Waals surface area contributed by atoms with Gasteiger partial charge < -0.3 is 4.74 Å². The number of ether oxygens (including phenoxy) is 1. The largest absolute Gasteiger partial charge is 0.485 e. The van der Waals surface area contributed by atoms with E-state index in [4.69, 9.17) is 16.3 Å². The first kappa shape index (κ1) is 14.1. The van der Waals surface area contributed by atoms with Gasteiger partial charge in [0.15, 0.2) is 6.61 Å². The highest BCUT2D eigenvalue weighted by molar-refractivity contribution is 7.18. The van der Waals surface area contributed by atoms with E-state index in [1.54, 1.807) is 12.1 Å². The number of thiophene rings is 1. The van der Waals surface area contributed by atoms with Crippen molar-refractivity contribution in [1.29, 1.82) is 0 Å². The lowest BCUT2D eigenvalue weighted by atomic mass is 10.0. The zero-order chi connectivity index (χ0) is 13.8. The molecule has 0 radical (unpaired) electrons. The molecule has 0 N–H and O–H groups in total. The van der Waals surface area contributed by atoms with E-state index in [0.717, 1.165) is 11.3 Å². The maximum absolute atomic E-state index is 11.9. The Kier molecular flexibility index (Phi) is 4.61. The Balaban J connectivity index is 2.05. The Morgan fingerprint density at radius 1 is 1.26 bits per heavy atom. The van der Waals surface area contributed by atoms with Gasteiger partial charge in [-0.15, -0.1) is 11.3 Å². The highest BCUT2D eigenvalue weighted by Gasteiger charge is 2.12. The molecule has 2 nitrogen and oxygen atoms in total. The van der Waals surface area contributed by atoms with Crippen molar-refractivity contribution < 1.29 is 9.53 Å². The van der Waals surface area contributed by atoms with Crippen LogP contribution in [0.15, 0.2) is 36.4 Å². The summed E-state index contributed by atoms with van der Waals surface area (Å²) in [6.07, 6.45) is 0. The Bertz CT molecular complexity index is 575. The number of para-hydroxylation sites is 1. The van der Waals surface area contributed by atoms with Crippen LogP contribution >= 0.6 is 22.9 Å². The fraction of sp³-hybridized carbons (Fsp3) is 0.267. The van der Waals surface area contributed by atoms with Crippen LogP contribution < -0.4 is 4.74 Å². The second-order valence-electron chi connectivity index (χ2n) is 4.51. The molecular formula is C15H15ClO2S. The number of carbonyl (C=O) groups is 1. The molecule has 2 aromatic rings. The maximum atomic E-state index is 11.9. The third kappa shape index (κ3) is 3.58. The van der Waals surface area contributed by atoms with E-state index in [1.807, 2.05) is 24.3 Å². The number of hydrogen-bond acceptors (Lipinski definition) is 3. The Labute approximate surface area is 122 Å². The molecule has 0 amide bonds. The van der Waals surface area contributed by atoms with Crippen molar-refractivity contribution in [2.24, 2.45) is 0 Å². The summed E-state index contributed by atoms with van der Waals surface area (Å²) in [6, 6.07) is 11.3. The van der Waals surface area contributed by atoms with E-state index in [2.05, 4.69) is 13.8 Å². The highest BCUT2D eigenvalue weighted by atomic mass is 35.5. The Morgan fingerprint density at radius 2 is 2.00 bits per heavy atom. The van der Waals surface area contributed by atoms with Crippen LogP contribution in [0.25, 0.3) is 0 Å². The number of ketones is 1. The lowest BCUT2D eigenvalue weighted by Gasteiger charge is -2.12. The van der Waals surface area contributed by atoms with Crippen LogP contribution in [-0.4, -0.2) is 12.4 Å². The third-order valence-electron chi connectivity index (χ3n) is 2.75. The minimum atomic E-state index is -0.0459. The maximum Gasteiger partial charge on any atom is 0.210 e. The zero-order valence-electron chi connectivity index (χ0n) is 10.9. The summed E-state index contributed by atoms with van der Waals surface area (Å²) in [7, 11) is 0. The minimum Gasteiger partial charge on any atom is -0.485 e. The van der Waals surface area contributed by atoms with Crippen molar-refractivity contribution in [2.75, 3.05) is 6.61 Å². The van der Waals surface area contributed by atoms with Crippen molar-refractivity contribution in [3.8, 4) is 5.75 Å². The standard InChI is InChI=1S/C15H15ClO2S/c1-10(2)11-5-3-4-6-13(11)18-9-12(17)14-7-8-15(16)19-14/h3-8,10H,9H2,1-2H3. The van der Waals surface area contributed by atoms with E-state index < -0.39 is 0 Å². The molecule has 0 saturated heterocycles. The van der Waals surface area contributed by atoms with Crippen LogP contribution in [0.4, 0.5) is 0 Å². The topological polar surface area (TPSA) is 26.3 Å². The lowest BCUT2D eigenvalue weighted by molar-refractivity contribution is 0.0924. The molecule has 0 aliphatic heterocycles. The second kappa shape index (κ2) is 6.22. The van der Waals surface area contributed by atoms with Crippen molar-refractivity contribution in [3.63, 3.8) is 0 Å². The van der Waals surface area contributed by atoms with Gasteiger partial charge in [0.2, 0.25) is 5.78 Å². The van der Waals surface area contributed by atoms with Gasteiger partial charge >= 0.3 is 0 Å². The SMILES string of the molecule is CC(C)c1ccccc1OCC(=O)c1ccc(Cl)s1. The number of carbonyl (C=O) groups excluding carboxylic acids is 1. The van der Waals surface area contributed by atoms with Crippen LogP contribution in [-0.2, 0) is 0 Å². The number of Topliss-reactive ketones (excluding diaryl/α,β-unsaturated/α-hetero) is 1.